The lowest BCUT2D eigenvalue weighted by Gasteiger charge is -2.37. The predicted octanol–water partition coefficient (Wildman–Crippen LogP) is 4.08. The van der Waals surface area contributed by atoms with Crippen LogP contribution in [0.1, 0.15) is 45.8 Å². The predicted molar refractivity (Wildman–Crippen MR) is 129 cm³/mol. The van der Waals surface area contributed by atoms with Gasteiger partial charge in [0.1, 0.15) is 23.4 Å². The number of carbonyl (C=O) groups excluding carboxylic acids is 2. The molecule has 34 heavy (non-hydrogen) atoms. The van der Waals surface area contributed by atoms with E-state index in [9.17, 15) is 14.0 Å². The minimum absolute atomic E-state index is 0.0330. The summed E-state index contributed by atoms with van der Waals surface area (Å²) >= 11 is 0. The molecule has 3 aromatic rings. The Balaban J connectivity index is 1.26. The van der Waals surface area contributed by atoms with Crippen LogP contribution in [0.3, 0.4) is 0 Å². The van der Waals surface area contributed by atoms with E-state index < -0.39 is 0 Å². The third-order valence-corrected chi connectivity index (χ3v) is 6.75. The van der Waals surface area contributed by atoms with Gasteiger partial charge in [0.05, 0.1) is 5.69 Å². The van der Waals surface area contributed by atoms with Crippen LogP contribution in [0.2, 0.25) is 0 Å². The van der Waals surface area contributed by atoms with E-state index in [-0.39, 0.29) is 30.0 Å². The second-order valence-corrected chi connectivity index (χ2v) is 9.07. The molecule has 0 bridgehead atoms. The summed E-state index contributed by atoms with van der Waals surface area (Å²) < 4.78 is 13.1. The molecule has 0 aliphatic carbocycles. The summed E-state index contributed by atoms with van der Waals surface area (Å²) in [6, 6.07) is 13.5. The molecule has 0 radical (unpaired) electrons. The Morgan fingerprint density at radius 3 is 2.47 bits per heavy atom. The van der Waals surface area contributed by atoms with Crippen molar-refractivity contribution in [1.82, 2.24) is 9.97 Å². The van der Waals surface area contributed by atoms with Gasteiger partial charge >= 0.3 is 0 Å². The Morgan fingerprint density at radius 1 is 1.03 bits per heavy atom. The fourth-order valence-corrected chi connectivity index (χ4v) is 4.93. The summed E-state index contributed by atoms with van der Waals surface area (Å²) in [7, 11) is 1.81. The van der Waals surface area contributed by atoms with Crippen molar-refractivity contribution >= 4 is 23.2 Å². The number of likely N-dealkylation sites (N-methyl/N-ethyl adjacent to an activating group) is 1. The van der Waals surface area contributed by atoms with Gasteiger partial charge in [0.2, 0.25) is 5.91 Å². The number of anilines is 2. The van der Waals surface area contributed by atoms with Gasteiger partial charge in [0.15, 0.2) is 11.6 Å². The number of amides is 1. The largest absolute Gasteiger partial charge is 0.343 e. The monoisotopic (exact) mass is 458 g/mol. The number of halogens is 1. The Bertz CT molecular complexity index is 1240. The Labute approximate surface area is 198 Å². The average molecular weight is 459 g/mol. The van der Waals surface area contributed by atoms with E-state index in [1.54, 1.807) is 4.90 Å². The molecule has 1 atom stereocenters. The lowest BCUT2D eigenvalue weighted by Crippen LogP contribution is -2.50. The number of aryl methyl sites for hydroxylation is 3. The molecule has 2 aromatic carbocycles. The Morgan fingerprint density at radius 2 is 1.74 bits per heavy atom. The maximum atomic E-state index is 13.1. The maximum Gasteiger partial charge on any atom is 0.249 e. The highest BCUT2D eigenvalue weighted by Gasteiger charge is 2.41. The summed E-state index contributed by atoms with van der Waals surface area (Å²) in [5.74, 6) is 1.40. The van der Waals surface area contributed by atoms with Gasteiger partial charge in [-0.05, 0) is 61.6 Å². The molecule has 2 aliphatic rings. The first-order chi connectivity index (χ1) is 16.4. The van der Waals surface area contributed by atoms with Crippen molar-refractivity contribution in [3.8, 4) is 0 Å². The van der Waals surface area contributed by atoms with Crippen molar-refractivity contribution in [3.63, 3.8) is 0 Å². The number of rotatable bonds is 6. The lowest BCUT2D eigenvalue weighted by atomic mass is 10.0. The van der Waals surface area contributed by atoms with Crippen molar-refractivity contribution in [2.45, 2.75) is 45.1 Å². The van der Waals surface area contributed by atoms with Gasteiger partial charge in [-0.25, -0.2) is 14.4 Å². The van der Waals surface area contributed by atoms with Gasteiger partial charge in [-0.1, -0.05) is 24.3 Å². The molecule has 3 heterocycles. The Kier molecular flexibility index (Phi) is 5.86. The summed E-state index contributed by atoms with van der Waals surface area (Å²) in [6.07, 6.45) is 3.62. The number of hydrogen-bond donors (Lipinski definition) is 0. The van der Waals surface area contributed by atoms with Crippen molar-refractivity contribution < 1.29 is 14.0 Å². The minimum atomic E-state index is -0.347. The number of ketones is 1. The highest BCUT2D eigenvalue weighted by molar-refractivity contribution is 6.05. The third-order valence-electron chi connectivity index (χ3n) is 6.75. The second kappa shape index (κ2) is 8.97. The van der Waals surface area contributed by atoms with Crippen molar-refractivity contribution in [2.24, 2.45) is 0 Å². The molecule has 2 aliphatic heterocycles. The van der Waals surface area contributed by atoms with Crippen LogP contribution in [0.4, 0.5) is 15.9 Å². The minimum Gasteiger partial charge on any atom is -0.343 e. The summed E-state index contributed by atoms with van der Waals surface area (Å²) in [5.41, 5.74) is 4.23. The number of fused-ring (bicyclic) bond motifs is 3. The van der Waals surface area contributed by atoms with Crippen LogP contribution >= 0.6 is 0 Å². The average Bonchev–Trinajstić information content (AvgIpc) is 3.33. The van der Waals surface area contributed by atoms with Crippen LogP contribution < -0.4 is 9.80 Å². The van der Waals surface area contributed by atoms with Gasteiger partial charge < -0.3 is 9.80 Å². The fourth-order valence-electron chi connectivity index (χ4n) is 4.93. The van der Waals surface area contributed by atoms with E-state index in [0.29, 0.717) is 12.0 Å². The van der Waals surface area contributed by atoms with Crippen LogP contribution in [-0.4, -0.2) is 41.3 Å². The van der Waals surface area contributed by atoms with E-state index >= 15 is 0 Å². The van der Waals surface area contributed by atoms with E-state index in [2.05, 4.69) is 4.90 Å². The number of benzene rings is 2. The number of hydrogen-bond acceptors (Lipinski definition) is 5. The van der Waals surface area contributed by atoms with Gasteiger partial charge in [0.25, 0.3) is 0 Å². The van der Waals surface area contributed by atoms with E-state index in [4.69, 9.17) is 9.97 Å². The highest BCUT2D eigenvalue weighted by Crippen LogP contribution is 2.39. The van der Waals surface area contributed by atoms with Gasteiger partial charge in [0, 0.05) is 32.0 Å². The molecule has 5 rings (SSSR count). The second-order valence-electron chi connectivity index (χ2n) is 9.07. The van der Waals surface area contributed by atoms with Gasteiger partial charge in [-0.15, -0.1) is 0 Å². The van der Waals surface area contributed by atoms with Crippen molar-refractivity contribution in [1.29, 1.82) is 0 Å². The first-order valence-corrected chi connectivity index (χ1v) is 11.7. The molecule has 6 nitrogen and oxygen atoms in total. The molecular weight excluding hydrogens is 431 g/mol. The molecule has 174 valence electrons. The standard InChI is InChI=1S/C27H27FN4O2/c1-17-25-26(32-15-3-4-22(32)27(34)31(25)2)30-24(29-17)14-9-18-5-7-19(8-6-18)16-23(33)20-10-12-21(28)13-11-20/h5-8,10-13,22H,3-4,9,14-16H2,1-2H3. The normalized spacial score (nSPS) is 17.0. The third kappa shape index (κ3) is 4.18. The SMILES string of the molecule is Cc1nc(CCc2ccc(CC(=O)c3ccc(F)cc3)cc2)nc2c1N(C)C(=O)C1CCCN21. The molecule has 0 saturated carbocycles. The van der Waals surface area contributed by atoms with Gasteiger partial charge in [-0.2, -0.15) is 0 Å². The first kappa shape index (κ1) is 22.2. The smallest absolute Gasteiger partial charge is 0.249 e. The molecule has 1 saturated heterocycles. The summed E-state index contributed by atoms with van der Waals surface area (Å²) in [5, 5.41) is 0. The summed E-state index contributed by atoms with van der Waals surface area (Å²) in [4.78, 5) is 38.5. The number of aromatic nitrogens is 2. The zero-order valence-electron chi connectivity index (χ0n) is 19.4. The lowest BCUT2D eigenvalue weighted by molar-refractivity contribution is -0.119. The zero-order valence-corrected chi connectivity index (χ0v) is 19.4. The van der Waals surface area contributed by atoms with E-state index in [1.807, 2.05) is 38.2 Å². The van der Waals surface area contributed by atoms with Crippen molar-refractivity contribution in [2.75, 3.05) is 23.4 Å². The summed E-state index contributed by atoms with van der Waals surface area (Å²) in [6.45, 7) is 2.79. The molecular formula is C27H27FN4O2. The highest BCUT2D eigenvalue weighted by atomic mass is 19.1. The number of Topliss-reactive ketones (excluding diaryl/α,β-unsaturated/α-hetero) is 1. The Hall–Kier alpha value is -3.61. The van der Waals surface area contributed by atoms with Crippen LogP contribution in [0, 0.1) is 12.7 Å². The van der Waals surface area contributed by atoms with Crippen molar-refractivity contribution in [3.05, 3.63) is 82.6 Å². The van der Waals surface area contributed by atoms with E-state index in [0.717, 1.165) is 60.0 Å². The fraction of sp³-hybridized carbons (Fsp3) is 0.333. The molecule has 1 amide bonds. The van der Waals surface area contributed by atoms with Gasteiger partial charge in [-0.3, -0.25) is 9.59 Å². The molecule has 0 spiro atoms. The van der Waals surface area contributed by atoms with Crippen LogP contribution in [0.15, 0.2) is 48.5 Å². The number of carbonyl (C=O) groups is 2. The van der Waals surface area contributed by atoms with Crippen LogP contribution in [-0.2, 0) is 24.1 Å². The van der Waals surface area contributed by atoms with Crippen LogP contribution in [0.25, 0.3) is 0 Å². The quantitative estimate of drug-likeness (QED) is 0.521. The topological polar surface area (TPSA) is 66.4 Å². The zero-order chi connectivity index (χ0) is 23.8. The molecule has 1 aromatic heterocycles. The molecule has 1 fully saturated rings. The molecule has 1 unspecified atom stereocenters. The van der Waals surface area contributed by atoms with E-state index in [1.165, 1.54) is 24.3 Å². The van der Waals surface area contributed by atoms with Crippen LogP contribution in [0.5, 0.6) is 0 Å². The maximum absolute atomic E-state index is 13.1. The molecule has 0 N–H and O–H groups in total. The first-order valence-electron chi connectivity index (χ1n) is 11.7. The molecule has 7 heteroatoms. The number of nitrogens with zero attached hydrogens (tertiary/aromatic N) is 4.